The van der Waals surface area contributed by atoms with E-state index < -0.39 is 0 Å². The molecule has 118 valence electrons. The van der Waals surface area contributed by atoms with Gasteiger partial charge in [-0.15, -0.1) is 0 Å². The largest absolute Gasteiger partial charge is 0.455 e. The monoisotopic (exact) mass is 319 g/mol. The normalized spacial score (nSPS) is 18.6. The topological polar surface area (TPSA) is 51.3 Å². The summed E-state index contributed by atoms with van der Waals surface area (Å²) in [5.74, 6) is 1.94. The molecule has 1 amide bonds. The van der Waals surface area contributed by atoms with Gasteiger partial charge < -0.3 is 13.9 Å². The number of imidazole rings is 1. The summed E-state index contributed by atoms with van der Waals surface area (Å²) in [4.78, 5) is 18.7. The fraction of sp³-hybridized carbons (Fsp3) is 0.500. The van der Waals surface area contributed by atoms with Gasteiger partial charge in [-0.25, -0.2) is 4.98 Å². The molecule has 0 N–H and O–H groups in total. The fourth-order valence-electron chi connectivity index (χ4n) is 2.74. The maximum absolute atomic E-state index is 12.5. The van der Waals surface area contributed by atoms with Gasteiger partial charge in [0.1, 0.15) is 5.76 Å². The van der Waals surface area contributed by atoms with Crippen molar-refractivity contribution in [2.75, 3.05) is 6.54 Å². The third kappa shape index (κ3) is 3.21. The van der Waals surface area contributed by atoms with Crippen LogP contribution in [0.15, 0.2) is 34.1 Å². The zero-order valence-corrected chi connectivity index (χ0v) is 13.8. The van der Waals surface area contributed by atoms with Gasteiger partial charge in [0.05, 0.1) is 5.75 Å². The predicted octanol–water partition coefficient (Wildman–Crippen LogP) is 3.32. The molecule has 0 aromatic carbocycles. The van der Waals surface area contributed by atoms with Crippen LogP contribution < -0.4 is 0 Å². The second-order valence-corrected chi connectivity index (χ2v) is 6.66. The summed E-state index contributed by atoms with van der Waals surface area (Å²) in [5.41, 5.74) is 0. The van der Waals surface area contributed by atoms with Gasteiger partial charge in [-0.05, 0) is 38.3 Å². The molecular formula is C16H21N3O2S. The van der Waals surface area contributed by atoms with Crippen LogP contribution in [0.5, 0.6) is 0 Å². The van der Waals surface area contributed by atoms with Gasteiger partial charge in [0, 0.05) is 32.0 Å². The molecule has 6 heteroatoms. The first-order valence-electron chi connectivity index (χ1n) is 7.65. The highest BCUT2D eigenvalue weighted by atomic mass is 32.2. The average molecular weight is 319 g/mol. The van der Waals surface area contributed by atoms with Crippen LogP contribution in [0.4, 0.5) is 0 Å². The molecule has 1 saturated heterocycles. The van der Waals surface area contributed by atoms with Crippen molar-refractivity contribution in [2.24, 2.45) is 7.05 Å². The van der Waals surface area contributed by atoms with E-state index >= 15 is 0 Å². The Labute approximate surface area is 134 Å². The quantitative estimate of drug-likeness (QED) is 0.811. The minimum Gasteiger partial charge on any atom is -0.455 e. The van der Waals surface area contributed by atoms with Crippen molar-refractivity contribution in [3.63, 3.8) is 0 Å². The molecule has 2 aromatic rings. The van der Waals surface area contributed by atoms with Crippen molar-refractivity contribution in [3.05, 3.63) is 36.0 Å². The maximum Gasteiger partial charge on any atom is 0.289 e. The minimum absolute atomic E-state index is 0.0143. The Balaban J connectivity index is 1.63. The Hall–Kier alpha value is -1.69. The maximum atomic E-state index is 12.5. The molecule has 1 aliphatic rings. The van der Waals surface area contributed by atoms with Gasteiger partial charge in [0.25, 0.3) is 5.91 Å². The predicted molar refractivity (Wildman–Crippen MR) is 85.8 cm³/mol. The number of rotatable bonds is 4. The summed E-state index contributed by atoms with van der Waals surface area (Å²) in [6.45, 7) is 2.94. The summed E-state index contributed by atoms with van der Waals surface area (Å²) in [5, 5.41) is 0.939. The third-order valence-electron chi connectivity index (χ3n) is 4.06. The molecular weight excluding hydrogens is 298 g/mol. The van der Waals surface area contributed by atoms with Gasteiger partial charge in [-0.3, -0.25) is 4.79 Å². The molecule has 3 heterocycles. The van der Waals surface area contributed by atoms with Gasteiger partial charge in [0.2, 0.25) is 0 Å². The van der Waals surface area contributed by atoms with E-state index in [1.54, 1.807) is 24.0 Å². The van der Waals surface area contributed by atoms with Crippen LogP contribution >= 0.6 is 11.8 Å². The molecule has 3 rings (SSSR count). The number of carbonyl (C=O) groups excluding carboxylic acids is 1. The van der Waals surface area contributed by atoms with E-state index in [1.807, 2.05) is 28.8 Å². The molecule has 22 heavy (non-hydrogen) atoms. The number of hydrogen-bond donors (Lipinski definition) is 0. The van der Waals surface area contributed by atoms with Crippen LogP contribution in [-0.4, -0.2) is 32.9 Å². The molecule has 1 aliphatic heterocycles. The number of carbonyl (C=O) groups is 1. The van der Waals surface area contributed by atoms with Crippen molar-refractivity contribution in [3.8, 4) is 0 Å². The highest BCUT2D eigenvalue weighted by molar-refractivity contribution is 7.98. The molecule has 1 atom stereocenters. The van der Waals surface area contributed by atoms with E-state index in [1.165, 1.54) is 6.42 Å². The summed E-state index contributed by atoms with van der Waals surface area (Å²) in [6.07, 6.45) is 7.05. The lowest BCUT2D eigenvalue weighted by Crippen LogP contribution is -2.41. The van der Waals surface area contributed by atoms with Crippen molar-refractivity contribution in [1.29, 1.82) is 0 Å². The number of likely N-dealkylation sites (tertiary alicyclic amines) is 1. The van der Waals surface area contributed by atoms with E-state index in [-0.39, 0.29) is 5.91 Å². The second-order valence-electron chi connectivity index (χ2n) is 5.72. The average Bonchev–Trinajstić information content (AvgIpc) is 3.14. The molecule has 2 aromatic heterocycles. The minimum atomic E-state index is 0.0143. The van der Waals surface area contributed by atoms with Crippen molar-refractivity contribution in [2.45, 2.75) is 43.1 Å². The molecule has 0 saturated carbocycles. The van der Waals surface area contributed by atoms with Gasteiger partial charge in [0.15, 0.2) is 10.9 Å². The molecule has 0 aliphatic carbocycles. The highest BCUT2D eigenvalue weighted by Crippen LogP contribution is 2.24. The van der Waals surface area contributed by atoms with E-state index in [2.05, 4.69) is 11.9 Å². The van der Waals surface area contributed by atoms with E-state index in [9.17, 15) is 4.79 Å². The summed E-state index contributed by atoms with van der Waals surface area (Å²) >= 11 is 1.60. The number of nitrogens with zero attached hydrogens (tertiary/aromatic N) is 3. The fourth-order valence-corrected chi connectivity index (χ4v) is 3.56. The zero-order chi connectivity index (χ0) is 15.5. The van der Waals surface area contributed by atoms with Crippen LogP contribution in [-0.2, 0) is 12.8 Å². The number of hydrogen-bond acceptors (Lipinski definition) is 4. The first-order valence-corrected chi connectivity index (χ1v) is 8.63. The lowest BCUT2D eigenvalue weighted by molar-refractivity contribution is 0.0601. The van der Waals surface area contributed by atoms with Crippen molar-refractivity contribution >= 4 is 17.7 Å². The first kappa shape index (κ1) is 15.2. The lowest BCUT2D eigenvalue weighted by atomic mass is 10.0. The number of amides is 1. The van der Waals surface area contributed by atoms with Gasteiger partial charge >= 0.3 is 0 Å². The molecule has 5 nitrogen and oxygen atoms in total. The zero-order valence-electron chi connectivity index (χ0n) is 13.0. The number of piperidine rings is 1. The molecule has 1 fully saturated rings. The van der Waals surface area contributed by atoms with Gasteiger partial charge in [-0.1, -0.05) is 11.8 Å². The Morgan fingerprint density at radius 2 is 2.32 bits per heavy atom. The number of aryl methyl sites for hydroxylation is 1. The van der Waals surface area contributed by atoms with Crippen molar-refractivity contribution < 1.29 is 9.21 Å². The number of furan rings is 1. The van der Waals surface area contributed by atoms with Crippen LogP contribution in [0.2, 0.25) is 0 Å². The summed E-state index contributed by atoms with van der Waals surface area (Å²) < 4.78 is 7.70. The van der Waals surface area contributed by atoms with Crippen molar-refractivity contribution in [1.82, 2.24) is 14.5 Å². The van der Waals surface area contributed by atoms with E-state index in [4.69, 9.17) is 4.42 Å². The summed E-state index contributed by atoms with van der Waals surface area (Å²) in [7, 11) is 1.96. The standard InChI is InChI=1S/C16H21N3O2S/c1-12-5-3-4-9-19(12)15(20)14-7-6-13(21-14)11-22-16-17-8-10-18(16)2/h6-8,10,12H,3-5,9,11H2,1-2H3/t12-/m1/s1. The first-order chi connectivity index (χ1) is 10.6. The van der Waals surface area contributed by atoms with E-state index in [0.717, 1.165) is 30.3 Å². The molecule has 0 bridgehead atoms. The Morgan fingerprint density at radius 1 is 1.45 bits per heavy atom. The highest BCUT2D eigenvalue weighted by Gasteiger charge is 2.26. The molecule has 0 radical (unpaired) electrons. The van der Waals surface area contributed by atoms with E-state index in [0.29, 0.717) is 17.6 Å². The Kier molecular flexibility index (Phi) is 4.57. The van der Waals surface area contributed by atoms with Gasteiger partial charge in [-0.2, -0.15) is 0 Å². The number of thioether (sulfide) groups is 1. The summed E-state index contributed by atoms with van der Waals surface area (Å²) in [6, 6.07) is 3.98. The van der Waals surface area contributed by atoms with Crippen LogP contribution in [0, 0.1) is 0 Å². The Bertz CT molecular complexity index is 649. The molecule has 0 unspecified atom stereocenters. The smallest absolute Gasteiger partial charge is 0.289 e. The SMILES string of the molecule is C[C@@H]1CCCCN1C(=O)c1ccc(CSc2nccn2C)o1. The third-order valence-corrected chi connectivity index (χ3v) is 5.14. The van der Waals surface area contributed by atoms with Crippen LogP contribution in [0.1, 0.15) is 42.5 Å². The lowest BCUT2D eigenvalue weighted by Gasteiger charge is -2.32. The number of aromatic nitrogens is 2. The molecule has 0 spiro atoms. The second kappa shape index (κ2) is 6.60. The Morgan fingerprint density at radius 3 is 3.05 bits per heavy atom. The van der Waals surface area contributed by atoms with Crippen LogP contribution in [0.25, 0.3) is 0 Å². The van der Waals surface area contributed by atoms with Crippen LogP contribution in [0.3, 0.4) is 0 Å².